The van der Waals surface area contributed by atoms with Gasteiger partial charge < -0.3 is 28.8 Å². The number of hydrogen-bond donors (Lipinski definition) is 1. The predicted octanol–water partition coefficient (Wildman–Crippen LogP) is 3.84. The van der Waals surface area contributed by atoms with Crippen LogP contribution in [0.5, 0.6) is 17.2 Å². The number of methoxy groups -OCH3 is 1. The molecular weight excluding hydrogens is 540 g/mol. The number of aromatic amines is 1. The second kappa shape index (κ2) is 10.5. The van der Waals surface area contributed by atoms with Gasteiger partial charge in [0.15, 0.2) is 17.0 Å². The minimum atomic E-state index is -3.79. The molecule has 39 heavy (non-hydrogen) atoms. The van der Waals surface area contributed by atoms with Crippen LogP contribution in [0, 0.1) is 0 Å². The van der Waals surface area contributed by atoms with Crippen LogP contribution in [0.15, 0.2) is 47.5 Å². The van der Waals surface area contributed by atoms with Gasteiger partial charge in [0, 0.05) is 36.0 Å². The Labute approximate surface area is 224 Å². The summed E-state index contributed by atoms with van der Waals surface area (Å²) in [5.74, 6) is -0.411. The van der Waals surface area contributed by atoms with E-state index in [-0.39, 0.29) is 29.2 Å². The van der Waals surface area contributed by atoms with Gasteiger partial charge in [0.05, 0.1) is 18.5 Å². The summed E-state index contributed by atoms with van der Waals surface area (Å²) in [5, 5.41) is 4.82. The molecule has 0 saturated carbocycles. The van der Waals surface area contributed by atoms with Gasteiger partial charge in [0.25, 0.3) is 5.56 Å². The standard InChI is InChI=1S/C25H22ClF2N5O6/c1-3-32(16-4-5-18-19(11-16)39-25(27,28)38-18)20(34)12-33-24(35)23-22(29-13-30-23)21(31-33)14-8-15(26)10-17(9-14)37-7-6-36-2/h4-5,8-11,13H,3,6-7,12H2,1-2H3,(H,29,30). The fourth-order valence-corrected chi connectivity index (χ4v) is 4.36. The Hall–Kier alpha value is -4.23. The Bertz CT molecular complexity index is 1610. The lowest BCUT2D eigenvalue weighted by molar-refractivity contribution is -0.286. The van der Waals surface area contributed by atoms with Crippen molar-refractivity contribution in [2.24, 2.45) is 0 Å². The molecule has 1 aliphatic heterocycles. The van der Waals surface area contributed by atoms with Crippen molar-refractivity contribution < 1.29 is 32.5 Å². The first-order valence-electron chi connectivity index (χ1n) is 11.8. The average molecular weight is 562 g/mol. The Balaban J connectivity index is 1.48. The highest BCUT2D eigenvalue weighted by Crippen LogP contribution is 2.43. The van der Waals surface area contributed by atoms with Crippen molar-refractivity contribution in [1.82, 2.24) is 19.7 Å². The molecule has 14 heteroatoms. The summed E-state index contributed by atoms with van der Waals surface area (Å²) in [6.07, 6.45) is -2.44. The summed E-state index contributed by atoms with van der Waals surface area (Å²) in [4.78, 5) is 34.8. The second-order valence-electron chi connectivity index (χ2n) is 8.39. The zero-order valence-corrected chi connectivity index (χ0v) is 21.5. The van der Waals surface area contributed by atoms with Gasteiger partial charge in [0.2, 0.25) is 5.91 Å². The molecule has 11 nitrogen and oxygen atoms in total. The van der Waals surface area contributed by atoms with Crippen LogP contribution in [0.2, 0.25) is 5.02 Å². The third kappa shape index (κ3) is 5.36. The number of H-pyrrole nitrogens is 1. The number of nitrogens with one attached hydrogen (secondary N) is 1. The number of alkyl halides is 2. The van der Waals surface area contributed by atoms with E-state index in [0.29, 0.717) is 40.8 Å². The second-order valence-corrected chi connectivity index (χ2v) is 8.83. The van der Waals surface area contributed by atoms with E-state index in [1.807, 2.05) is 0 Å². The summed E-state index contributed by atoms with van der Waals surface area (Å²) >= 11 is 6.32. The van der Waals surface area contributed by atoms with Gasteiger partial charge in [-0.2, -0.15) is 5.10 Å². The molecule has 2 aromatic carbocycles. The van der Waals surface area contributed by atoms with Crippen LogP contribution >= 0.6 is 11.6 Å². The molecule has 2 aromatic heterocycles. The van der Waals surface area contributed by atoms with Gasteiger partial charge in [-0.05, 0) is 37.3 Å². The van der Waals surface area contributed by atoms with Crippen LogP contribution in [0.3, 0.4) is 0 Å². The number of hydrogen-bond acceptors (Lipinski definition) is 8. The largest absolute Gasteiger partial charge is 0.586 e. The van der Waals surface area contributed by atoms with E-state index in [4.69, 9.17) is 21.1 Å². The highest BCUT2D eigenvalue weighted by Gasteiger charge is 2.43. The van der Waals surface area contributed by atoms with E-state index in [9.17, 15) is 18.4 Å². The van der Waals surface area contributed by atoms with Crippen molar-refractivity contribution in [1.29, 1.82) is 0 Å². The SMILES string of the molecule is CCN(C(=O)Cn1nc(-c2cc(Cl)cc(OCCOC)c2)c2[nH]cnc2c1=O)c1ccc2c(c1)OC(F)(F)O2. The molecule has 0 radical (unpaired) electrons. The molecule has 0 bridgehead atoms. The van der Waals surface area contributed by atoms with Crippen molar-refractivity contribution in [3.63, 3.8) is 0 Å². The maximum absolute atomic E-state index is 13.4. The van der Waals surface area contributed by atoms with Crippen LogP contribution < -0.4 is 24.7 Å². The first-order chi connectivity index (χ1) is 18.7. The normalized spacial score (nSPS) is 13.6. The maximum atomic E-state index is 13.4. The van der Waals surface area contributed by atoms with Gasteiger partial charge in [-0.25, -0.2) is 9.67 Å². The first-order valence-corrected chi connectivity index (χ1v) is 12.1. The van der Waals surface area contributed by atoms with Gasteiger partial charge >= 0.3 is 6.29 Å². The van der Waals surface area contributed by atoms with Crippen molar-refractivity contribution in [3.8, 4) is 28.5 Å². The first kappa shape index (κ1) is 26.4. The van der Waals surface area contributed by atoms with Gasteiger partial charge in [-0.15, -0.1) is 8.78 Å². The third-order valence-electron chi connectivity index (χ3n) is 5.83. The zero-order valence-electron chi connectivity index (χ0n) is 20.7. The molecule has 0 unspecified atom stereocenters. The maximum Gasteiger partial charge on any atom is 0.586 e. The molecule has 1 aliphatic rings. The molecule has 204 valence electrons. The number of ether oxygens (including phenoxy) is 4. The summed E-state index contributed by atoms with van der Waals surface area (Å²) in [6, 6.07) is 8.97. The number of halogens is 3. The molecule has 0 atom stereocenters. The Morgan fingerprint density at radius 1 is 1.18 bits per heavy atom. The Morgan fingerprint density at radius 2 is 1.97 bits per heavy atom. The van der Waals surface area contributed by atoms with Crippen LogP contribution in [-0.2, 0) is 16.1 Å². The molecule has 5 rings (SSSR count). The van der Waals surface area contributed by atoms with E-state index in [0.717, 1.165) is 4.68 Å². The van der Waals surface area contributed by atoms with Crippen molar-refractivity contribution in [2.45, 2.75) is 19.8 Å². The predicted molar refractivity (Wildman–Crippen MR) is 137 cm³/mol. The zero-order chi connectivity index (χ0) is 27.7. The lowest BCUT2D eigenvalue weighted by atomic mass is 10.1. The van der Waals surface area contributed by atoms with Crippen LogP contribution in [0.25, 0.3) is 22.3 Å². The van der Waals surface area contributed by atoms with E-state index in [1.165, 1.54) is 29.4 Å². The summed E-state index contributed by atoms with van der Waals surface area (Å²) in [6.45, 7) is 2.09. The number of carbonyl (C=O) groups is 1. The summed E-state index contributed by atoms with van der Waals surface area (Å²) in [7, 11) is 1.56. The Kier molecular flexibility index (Phi) is 7.10. The van der Waals surface area contributed by atoms with E-state index < -0.39 is 24.3 Å². The molecule has 1 amide bonds. The molecule has 0 fully saturated rings. The van der Waals surface area contributed by atoms with Crippen LogP contribution in [0.4, 0.5) is 14.5 Å². The number of likely N-dealkylation sites (N-methyl/N-ethyl adjacent to an activating group) is 1. The van der Waals surface area contributed by atoms with Crippen LogP contribution in [-0.4, -0.2) is 58.8 Å². The number of anilines is 1. The lowest BCUT2D eigenvalue weighted by Crippen LogP contribution is -2.37. The number of fused-ring (bicyclic) bond motifs is 2. The molecule has 1 N–H and O–H groups in total. The molecule has 0 saturated heterocycles. The minimum absolute atomic E-state index is 0.0722. The number of amides is 1. The summed E-state index contributed by atoms with van der Waals surface area (Å²) < 4.78 is 47.5. The van der Waals surface area contributed by atoms with E-state index in [2.05, 4.69) is 24.5 Å². The minimum Gasteiger partial charge on any atom is -0.491 e. The molecule has 3 heterocycles. The van der Waals surface area contributed by atoms with Gasteiger partial charge in [-0.3, -0.25) is 9.59 Å². The number of aromatic nitrogens is 4. The topological polar surface area (TPSA) is 121 Å². The van der Waals surface area contributed by atoms with E-state index in [1.54, 1.807) is 32.2 Å². The number of nitrogens with zero attached hydrogens (tertiary/aromatic N) is 4. The molecule has 0 aliphatic carbocycles. The number of rotatable bonds is 9. The number of carbonyl (C=O) groups excluding carboxylic acids is 1. The van der Waals surface area contributed by atoms with E-state index >= 15 is 0 Å². The molecular formula is C25H22ClF2N5O6. The van der Waals surface area contributed by atoms with Crippen LogP contribution in [0.1, 0.15) is 6.92 Å². The third-order valence-corrected chi connectivity index (χ3v) is 6.05. The van der Waals surface area contributed by atoms with Crippen molar-refractivity contribution in [2.75, 3.05) is 31.8 Å². The smallest absolute Gasteiger partial charge is 0.491 e. The van der Waals surface area contributed by atoms with Gasteiger partial charge in [-0.1, -0.05) is 11.6 Å². The Morgan fingerprint density at radius 3 is 2.74 bits per heavy atom. The highest BCUT2D eigenvalue weighted by atomic mass is 35.5. The van der Waals surface area contributed by atoms with Crippen molar-refractivity contribution >= 4 is 34.2 Å². The molecule has 4 aromatic rings. The highest BCUT2D eigenvalue weighted by molar-refractivity contribution is 6.31. The molecule has 0 spiro atoms. The summed E-state index contributed by atoms with van der Waals surface area (Å²) in [5.41, 5.74) is 0.963. The quantitative estimate of drug-likeness (QED) is 0.306. The average Bonchev–Trinajstić information content (AvgIpc) is 3.49. The van der Waals surface area contributed by atoms with Crippen molar-refractivity contribution in [3.05, 3.63) is 58.1 Å². The fraction of sp³-hybridized carbons (Fsp3) is 0.280. The van der Waals surface area contributed by atoms with Gasteiger partial charge in [0.1, 0.15) is 24.6 Å². The number of benzene rings is 2. The lowest BCUT2D eigenvalue weighted by Gasteiger charge is -2.21. The monoisotopic (exact) mass is 561 g/mol. The fourth-order valence-electron chi connectivity index (χ4n) is 4.13. The number of imidazole rings is 1.